The molecule has 0 spiro atoms. The van der Waals surface area contributed by atoms with Crippen LogP contribution in [0.25, 0.3) is 16.5 Å². The van der Waals surface area contributed by atoms with Gasteiger partial charge in [-0.2, -0.15) is 93.6 Å². The van der Waals surface area contributed by atoms with E-state index >= 15 is 0 Å². The second-order valence-corrected chi connectivity index (χ2v) is 32.4. The Balaban J connectivity index is 0.000000362. The Kier molecular flexibility index (Phi) is 34.1. The molecule has 63 heteroatoms. The Bertz CT molecular complexity index is 7460. The third-order valence-electron chi connectivity index (χ3n) is 14.6. The van der Waals surface area contributed by atoms with Crippen molar-refractivity contribution in [1.82, 2.24) is 59.6 Å². The van der Waals surface area contributed by atoms with Gasteiger partial charge in [-0.25, -0.2) is 25.0 Å². The Morgan fingerprint density at radius 1 is 0.479 bits per heavy atom. The molecular weight excluding hydrogens is 1920 g/mol. The number of H-pyrrole nitrogens is 5. The van der Waals surface area contributed by atoms with E-state index in [4.69, 9.17) is 46.4 Å². The topological polar surface area (TPSA) is 691 Å². The first-order valence-corrected chi connectivity index (χ1v) is 40.3. The number of halogens is 8. The van der Waals surface area contributed by atoms with E-state index in [0.717, 1.165) is 71.4 Å². The molecule has 0 amide bonds. The summed E-state index contributed by atoms with van der Waals surface area (Å²) < 4.78 is 259. The molecule has 12 aromatic rings. The predicted octanol–water partition coefficient (Wildman–Crippen LogP) is -5.84. The monoisotopic (exact) mass is 1950 g/mol. The zero-order chi connectivity index (χ0) is 84.8. The van der Waals surface area contributed by atoms with E-state index in [-0.39, 0.29) is 191 Å². The molecule has 0 aliphatic heterocycles. The summed E-state index contributed by atoms with van der Waals surface area (Å²) in [5.74, 6) is -5.39. The van der Waals surface area contributed by atoms with Crippen molar-refractivity contribution in [3.63, 3.8) is 0 Å². The summed E-state index contributed by atoms with van der Waals surface area (Å²) in [5, 5.41) is 50.0. The fourth-order valence-corrected chi connectivity index (χ4v) is 13.7. The number of benzene rings is 7. The summed E-state index contributed by atoms with van der Waals surface area (Å²) in [5.41, 5.74) is -6.82. The Morgan fingerprint density at radius 2 is 0.983 bits per heavy atom. The van der Waals surface area contributed by atoms with Crippen molar-refractivity contribution < 1.29 is 251 Å². The smallest absolute Gasteiger partial charge is 0.589 e. The zero-order valence-corrected chi connectivity index (χ0v) is 77.3. The summed E-state index contributed by atoms with van der Waals surface area (Å²) in [7, 11) is -30.0. The first kappa shape index (κ1) is 102. The molecule has 16 N–H and O–H groups in total. The second-order valence-electron chi connectivity index (χ2n) is 22.5. The molecular formula is C58H38Cl4CoF4N22Na4O22S6+4. The van der Waals surface area contributed by atoms with Crippen LogP contribution in [0, 0.1) is 31.0 Å². The Morgan fingerprint density at radius 3 is 1.54 bits per heavy atom. The average Bonchev–Trinajstić information content (AvgIpc) is 1.17. The van der Waals surface area contributed by atoms with E-state index in [1.807, 2.05) is 4.98 Å². The first-order valence-electron chi connectivity index (χ1n) is 30.2. The van der Waals surface area contributed by atoms with Crippen LogP contribution in [0.15, 0.2) is 190 Å². The van der Waals surface area contributed by atoms with Gasteiger partial charge in [0.05, 0.1) is 42.8 Å². The molecule has 0 aliphatic rings. The maximum atomic E-state index is 13.9. The molecule has 0 fully saturated rings. The molecule has 613 valence electrons. The molecule has 0 saturated heterocycles. The Labute approximate surface area is 790 Å². The number of nitrogens with zero attached hydrogens (tertiary/aromatic N) is 15. The molecule has 0 bridgehead atoms. The molecule has 7 aromatic carbocycles. The number of aromatic hydroxyl groups is 3. The number of anilines is 2. The van der Waals surface area contributed by atoms with Gasteiger partial charge in [0, 0.05) is 34.2 Å². The number of hydrogen-bond acceptors (Lipinski definition) is 30. The number of rotatable bonds is 18. The number of phenols is 3. The number of fused-ring (bicyclic) bond motifs is 1. The summed E-state index contributed by atoms with van der Waals surface area (Å²) in [6.45, 7) is 1.47. The van der Waals surface area contributed by atoms with Crippen LogP contribution in [0.4, 0.5) is 80.4 Å². The van der Waals surface area contributed by atoms with Crippen molar-refractivity contribution in [2.24, 2.45) is 40.4 Å². The van der Waals surface area contributed by atoms with Crippen molar-refractivity contribution in [2.45, 2.75) is 36.3 Å². The Hall–Kier alpha value is -7.76. The normalized spacial score (nSPS) is 12.8. The number of aromatic nitrogens is 12. The molecule has 5 aromatic heterocycles. The quantitative estimate of drug-likeness (QED) is 0.00950. The number of phenolic OH excluding ortho intramolecular Hbond substituents is 3. The molecule has 1 radical (unpaired) electrons. The van der Waals surface area contributed by atoms with E-state index in [2.05, 4.69) is 101 Å². The van der Waals surface area contributed by atoms with Gasteiger partial charge in [-0.1, -0.05) is 30.1 Å². The van der Waals surface area contributed by atoms with E-state index in [1.54, 1.807) is 0 Å². The van der Waals surface area contributed by atoms with Crippen LogP contribution in [0.2, 0.25) is 20.6 Å². The van der Waals surface area contributed by atoms with Crippen LogP contribution in [0.3, 0.4) is 0 Å². The third kappa shape index (κ3) is 25.3. The van der Waals surface area contributed by atoms with Gasteiger partial charge in [-0.05, 0) is 138 Å². The summed E-state index contributed by atoms with van der Waals surface area (Å²) in [6.07, 6.45) is -2.74. The van der Waals surface area contributed by atoms with Crippen LogP contribution >= 0.6 is 46.4 Å². The molecule has 5 heterocycles. The standard InChI is InChI=1S/C29H20Cl2F2N12O8S2.C29H18Cl2F2N10O14S4.Co.4Na/c1-12-22(43-42-17-11-16(54(48,49)50)7-8-19(17)46)25(47)45(44-12)15-5-2-13(3-6-15)35-28-39-26(31)40-29(41-28)36-18-10-14(4-9-20(18)55(51,52)53)34-24-21(30)23(32)37-27(33)38-24;30-21-24(32)37-27(33)38-25(21)34-11-1-4-18(60(52,53)54)15(7-11)35-28-39-26(31)40-29(41-28)36-16-9-13(59(49,50)51)5-10-6-19(61(55,56)57)22(23(45)20(10)16)43-42-14-8-12(58(46,47)48)2-3-17(14)44;;;;;/h2-11H,1H3,(H7,34,35,36,37,38,39,40,41,42,43,44,46,47,48,49,50,51,52,53);1-9,44-45H,(H,34,37,38)(H,46,47,48)(H,49,50,51)(H,52,53,54)(H,55,56,57)(H2,35,36,39,40,41);;;;;/q;;;4*+1. The van der Waals surface area contributed by atoms with Gasteiger partial charge in [-0.15, -0.1) is 30.5 Å². The zero-order valence-electron chi connectivity index (χ0n) is 60.3. The second kappa shape index (κ2) is 40.5. The van der Waals surface area contributed by atoms with E-state index in [1.165, 1.54) is 31.2 Å². The van der Waals surface area contributed by atoms with Gasteiger partial charge < -0.3 is 35.4 Å². The van der Waals surface area contributed by atoms with Gasteiger partial charge in [0.15, 0.2) is 16.3 Å². The largest absolute Gasteiger partial charge is 1.00 e. The maximum absolute atomic E-state index is 13.9. The average molecular weight is 1960 g/mol. The number of nitrogens with one attached hydrogen (secondary N) is 7. The van der Waals surface area contributed by atoms with E-state index < -0.39 is 208 Å². The fourth-order valence-electron chi connectivity index (χ4n) is 9.64. The summed E-state index contributed by atoms with van der Waals surface area (Å²) >= 11 is 23.9. The van der Waals surface area contributed by atoms with Gasteiger partial charge in [0.1, 0.15) is 59.6 Å². The van der Waals surface area contributed by atoms with Crippen molar-refractivity contribution in [3.8, 4) is 22.9 Å². The fraction of sp³-hybridized carbons (Fsp3) is 0.0172. The van der Waals surface area contributed by atoms with Crippen LogP contribution < -0.4 is 167 Å². The van der Waals surface area contributed by atoms with Crippen molar-refractivity contribution in [2.75, 3.05) is 5.32 Å². The van der Waals surface area contributed by atoms with Crippen LogP contribution in [0.1, 0.15) is 5.69 Å². The van der Waals surface area contributed by atoms with Gasteiger partial charge in [-0.3, -0.25) is 47.1 Å². The van der Waals surface area contributed by atoms with Gasteiger partial charge >= 0.3 is 130 Å². The van der Waals surface area contributed by atoms with Crippen molar-refractivity contribution in [3.05, 3.63) is 204 Å². The summed E-state index contributed by atoms with van der Waals surface area (Å²) in [4.78, 5) is 55.8. The van der Waals surface area contributed by atoms with Crippen LogP contribution in [-0.2, 0) is 77.5 Å². The molecule has 12 rings (SSSR count). The SMILES string of the molecule is Cc1[n-]n(-c2ccc(Nc3nc(Cl)[nH]c(=Nc4cc([NH+]=c5[nH]c(F)nc(F)c5Cl)ccc4S(=O)(=O)O)n3)cc2)c(=O)c1N=Nc1cc(S(=O)(=O)O)ccc1O.O=S(=O)(O)c1ccc(O)c(N=Nc2c(S(=O)(=O)O)cc3cc(S(=O)(=O)O)cc(N=c4[nH]c(Cl)nc(=Nc5cc(N=c6[nH]c(F)nc(F)c6Cl)ccc5S(=O)(=O)O)[nH]4)c3c2O)c1.[Co].[Na+].[Na+].[Na+].[Na+]. The molecule has 0 aliphatic carbocycles. The molecule has 0 unspecified atom stereocenters. The molecule has 0 saturated carbocycles. The molecule has 0 atom stereocenters. The minimum Gasteiger partial charge on any atom is -0.589 e. The third-order valence-corrected chi connectivity index (χ3v) is 20.8. The maximum Gasteiger partial charge on any atom is 1.00 e. The first-order chi connectivity index (χ1) is 54.0. The van der Waals surface area contributed by atoms with E-state index in [9.17, 15) is 115 Å². The number of aryl methyl sites for hydroxylation is 1. The van der Waals surface area contributed by atoms with Crippen LogP contribution in [-0.4, -0.2) is 148 Å². The van der Waals surface area contributed by atoms with Crippen molar-refractivity contribution >= 4 is 181 Å². The van der Waals surface area contributed by atoms with Crippen molar-refractivity contribution in [1.29, 1.82) is 0 Å². The molecule has 44 nitrogen and oxygen atoms in total. The molecule has 121 heavy (non-hydrogen) atoms. The van der Waals surface area contributed by atoms with Gasteiger partial charge in [0.25, 0.3) is 72.3 Å². The number of azo groups is 2. The van der Waals surface area contributed by atoms with E-state index in [0.29, 0.717) is 30.0 Å². The minimum atomic E-state index is -5.41. The van der Waals surface area contributed by atoms with Crippen LogP contribution in [0.5, 0.6) is 17.2 Å². The number of hydrogen-bond donors (Lipinski definition) is 16. The summed E-state index contributed by atoms with van der Waals surface area (Å²) in [6, 6.07) is 18.6. The predicted molar refractivity (Wildman–Crippen MR) is 386 cm³/mol. The number of aromatic amines is 5. The minimum absolute atomic E-state index is 0. The van der Waals surface area contributed by atoms with Gasteiger partial charge in [0.2, 0.25) is 45.3 Å².